The van der Waals surface area contributed by atoms with Crippen molar-refractivity contribution in [3.63, 3.8) is 0 Å². The molecule has 10 N–H and O–H groups in total. The van der Waals surface area contributed by atoms with Gasteiger partial charge in [0.25, 0.3) is 11.8 Å². The van der Waals surface area contributed by atoms with Crippen molar-refractivity contribution in [1.29, 1.82) is 0 Å². The summed E-state index contributed by atoms with van der Waals surface area (Å²) in [6.07, 6.45) is -3.68. The molecule has 23 heteroatoms. The van der Waals surface area contributed by atoms with Crippen LogP contribution in [0.2, 0.25) is 0 Å². The highest BCUT2D eigenvalue weighted by Crippen LogP contribution is 2.14. The molecule has 1 rings (SSSR count). The van der Waals surface area contributed by atoms with Crippen molar-refractivity contribution in [2.24, 2.45) is 0 Å². The van der Waals surface area contributed by atoms with Crippen molar-refractivity contribution in [2.75, 3.05) is 92.4 Å². The number of imide groups is 1. The van der Waals surface area contributed by atoms with Gasteiger partial charge in [0, 0.05) is 83.7 Å². The van der Waals surface area contributed by atoms with E-state index in [1.807, 2.05) is 0 Å². The summed E-state index contributed by atoms with van der Waals surface area (Å²) in [6.45, 7) is -3.36. The summed E-state index contributed by atoms with van der Waals surface area (Å²) in [5.41, 5.74) is 0. The smallest absolute Gasteiger partial charge is 0.333 e. The van der Waals surface area contributed by atoms with Crippen LogP contribution in [0, 0.1) is 0 Å². The Balaban J connectivity index is 2.98. The van der Waals surface area contributed by atoms with Gasteiger partial charge in [0.1, 0.15) is 24.4 Å². The number of hydrogen-bond donors (Lipinski definition) is 10. The fourth-order valence-electron chi connectivity index (χ4n) is 5.54. The molecule has 23 nitrogen and oxygen atoms in total. The largest absolute Gasteiger partial charge is 0.394 e. The van der Waals surface area contributed by atoms with Gasteiger partial charge in [0.15, 0.2) is 0 Å². The summed E-state index contributed by atoms with van der Waals surface area (Å²) in [4.78, 5) is 81.9. The third-order valence-electron chi connectivity index (χ3n) is 9.17. The molecule has 1 aliphatic rings. The Morgan fingerprint density at radius 1 is 0.533 bits per heavy atom. The van der Waals surface area contributed by atoms with Crippen LogP contribution in [-0.2, 0) is 52.6 Å². The molecule has 0 aliphatic carbocycles. The highest BCUT2D eigenvalue weighted by molar-refractivity contribution is 6.01. The molecule has 0 radical (unpaired) electrons. The van der Waals surface area contributed by atoms with Crippen molar-refractivity contribution in [1.82, 2.24) is 20.6 Å². The van der Waals surface area contributed by atoms with Gasteiger partial charge in [0.05, 0.1) is 59.3 Å². The van der Waals surface area contributed by atoms with Crippen molar-refractivity contribution in [3.05, 3.63) is 0 Å². The topological polar surface area (TPSA) is 341 Å². The van der Waals surface area contributed by atoms with Crippen LogP contribution in [0.3, 0.4) is 0 Å². The number of ether oxygens (including phenoxy) is 4. The number of nitrogens with one attached hydrogen (secondary N) is 2. The van der Waals surface area contributed by atoms with Crippen LogP contribution < -0.4 is 10.6 Å². The van der Waals surface area contributed by atoms with Gasteiger partial charge in [0.2, 0.25) is 17.7 Å². The lowest BCUT2D eigenvalue weighted by atomic mass is 10.1. The number of aliphatic hydroxyl groups is 8. The van der Waals surface area contributed by atoms with E-state index in [0.29, 0.717) is 5.06 Å². The molecule has 0 bridgehead atoms. The zero-order valence-electron chi connectivity index (χ0n) is 34.1. The molecule has 0 saturated carbocycles. The fraction of sp³-hybridized carbons (Fsp3) is 0.838. The van der Waals surface area contributed by atoms with E-state index < -0.39 is 138 Å². The zero-order chi connectivity index (χ0) is 44.7. The lowest BCUT2D eigenvalue weighted by Gasteiger charge is -2.25. The molecule has 60 heavy (non-hydrogen) atoms. The van der Waals surface area contributed by atoms with Gasteiger partial charge in [-0.2, -0.15) is 0 Å². The van der Waals surface area contributed by atoms with E-state index in [0.717, 1.165) is 0 Å². The summed E-state index contributed by atoms with van der Waals surface area (Å²) in [5, 5.41) is 80.4. The Hall–Kier alpha value is -3.46. The average molecular weight is 871 g/mol. The molecule has 0 aromatic rings. The highest BCUT2D eigenvalue weighted by atomic mass is 16.7. The maximum atomic E-state index is 13.4. The average Bonchev–Trinajstić information content (AvgIpc) is 3.56. The summed E-state index contributed by atoms with van der Waals surface area (Å²) in [5.74, 6) is -3.88. The molecule has 1 fully saturated rings. The molecule has 5 amide bonds. The maximum absolute atomic E-state index is 13.4. The molecule has 0 aromatic heterocycles. The predicted octanol–water partition coefficient (Wildman–Crippen LogP) is -4.62. The molecule has 1 saturated heterocycles. The minimum Gasteiger partial charge on any atom is -0.394 e. The number of hydroxylamine groups is 2. The van der Waals surface area contributed by atoms with Crippen LogP contribution in [-0.4, -0.2) is 215 Å². The molecule has 0 atom stereocenters. The number of hydrogen-bond acceptors (Lipinski definition) is 19. The standard InChI is InChI=1S/C37H66N4O19/c42-18-28(19-43)56-14-8-26(9-15-57-29(20-44)21-45)38-32(50)2-1-12-40(34(52)5-6-37(55)60-41-35(53)3-4-36(41)54)13-7-33(51)39-27(10-16-58-30(22-46)23-47)11-17-59-31(24-48)25-49/h26-31,42-49H,1-25H2,(H,38,50)(H,39,51). The molecule has 348 valence electrons. The normalized spacial score (nSPS) is 13.2. The molecule has 1 heterocycles. The number of carbonyl (C=O) groups is 6. The van der Waals surface area contributed by atoms with Gasteiger partial charge in [-0.3, -0.25) is 24.0 Å². The van der Waals surface area contributed by atoms with E-state index in [1.165, 1.54) is 4.90 Å². The number of rotatable bonds is 37. The molecular weight excluding hydrogens is 804 g/mol. The van der Waals surface area contributed by atoms with Crippen molar-refractivity contribution < 1.29 is 93.4 Å². The van der Waals surface area contributed by atoms with Crippen LogP contribution in [0.1, 0.15) is 70.6 Å². The second-order valence-corrected chi connectivity index (χ2v) is 13.9. The predicted molar refractivity (Wildman–Crippen MR) is 205 cm³/mol. The van der Waals surface area contributed by atoms with E-state index in [1.54, 1.807) is 0 Å². The van der Waals surface area contributed by atoms with E-state index in [2.05, 4.69) is 10.6 Å². The number of aliphatic hydroxyl groups excluding tert-OH is 8. The first-order chi connectivity index (χ1) is 28.9. The van der Waals surface area contributed by atoms with Crippen LogP contribution in [0.25, 0.3) is 0 Å². The van der Waals surface area contributed by atoms with Gasteiger partial charge in [-0.1, -0.05) is 0 Å². The van der Waals surface area contributed by atoms with Gasteiger partial charge in [-0.25, -0.2) is 4.79 Å². The van der Waals surface area contributed by atoms with E-state index in [9.17, 15) is 69.6 Å². The second-order valence-electron chi connectivity index (χ2n) is 13.9. The maximum Gasteiger partial charge on any atom is 0.333 e. The van der Waals surface area contributed by atoms with Gasteiger partial charge < -0.3 is 80.2 Å². The lowest BCUT2D eigenvalue weighted by molar-refractivity contribution is -0.197. The SMILES string of the molecule is O=C(CCCN(CCC(=O)NC(CCOC(CO)CO)CCOC(CO)CO)C(=O)CCC(=O)ON1C(=O)CCC1=O)NC(CCOC(CO)CO)CCOC(CO)CO. The molecule has 0 unspecified atom stereocenters. The summed E-state index contributed by atoms with van der Waals surface area (Å²) >= 11 is 0. The quantitative estimate of drug-likeness (QED) is 0.0263. The van der Waals surface area contributed by atoms with Crippen LogP contribution >= 0.6 is 0 Å². The van der Waals surface area contributed by atoms with Crippen LogP contribution in [0.5, 0.6) is 0 Å². The van der Waals surface area contributed by atoms with E-state index in [4.69, 9.17) is 23.8 Å². The lowest BCUT2D eigenvalue weighted by Crippen LogP contribution is -2.41. The van der Waals surface area contributed by atoms with Gasteiger partial charge in [-0.15, -0.1) is 5.06 Å². The first-order valence-corrected chi connectivity index (χ1v) is 20.1. The Morgan fingerprint density at radius 3 is 1.27 bits per heavy atom. The van der Waals surface area contributed by atoms with Crippen molar-refractivity contribution in [2.45, 2.75) is 107 Å². The summed E-state index contributed by atoms with van der Waals surface area (Å²) in [6, 6.07) is -1.08. The monoisotopic (exact) mass is 870 g/mol. The van der Waals surface area contributed by atoms with Gasteiger partial charge in [-0.05, 0) is 32.1 Å². The Kier molecular flexibility index (Phi) is 30.2. The molecular formula is C37H66N4O19. The third-order valence-corrected chi connectivity index (χ3v) is 9.17. The second kappa shape index (κ2) is 33.2. The number of amides is 5. The Morgan fingerprint density at radius 2 is 0.900 bits per heavy atom. The number of nitrogens with zero attached hydrogens (tertiary/aromatic N) is 2. The third kappa shape index (κ3) is 23.5. The van der Waals surface area contributed by atoms with Gasteiger partial charge >= 0.3 is 5.97 Å². The van der Waals surface area contributed by atoms with E-state index in [-0.39, 0.29) is 97.3 Å². The van der Waals surface area contributed by atoms with E-state index >= 15 is 0 Å². The minimum atomic E-state index is -1.00. The Bertz CT molecular complexity index is 1180. The highest BCUT2D eigenvalue weighted by Gasteiger charge is 2.33. The summed E-state index contributed by atoms with van der Waals surface area (Å²) in [7, 11) is 0. The molecule has 1 aliphatic heterocycles. The van der Waals surface area contributed by atoms with Crippen molar-refractivity contribution in [3.8, 4) is 0 Å². The summed E-state index contributed by atoms with van der Waals surface area (Å²) < 4.78 is 21.7. The van der Waals surface area contributed by atoms with Crippen LogP contribution in [0.15, 0.2) is 0 Å². The molecule has 0 aromatic carbocycles. The Labute approximate surface area is 348 Å². The first-order valence-electron chi connectivity index (χ1n) is 20.1. The zero-order valence-corrected chi connectivity index (χ0v) is 34.1. The number of carbonyl (C=O) groups excluding carboxylic acids is 6. The minimum absolute atomic E-state index is 0.0313. The van der Waals surface area contributed by atoms with Crippen LogP contribution in [0.4, 0.5) is 0 Å². The fourth-order valence-corrected chi connectivity index (χ4v) is 5.54. The van der Waals surface area contributed by atoms with Crippen molar-refractivity contribution >= 4 is 35.5 Å². The first kappa shape index (κ1) is 54.6. The molecule has 0 spiro atoms.